The summed E-state index contributed by atoms with van der Waals surface area (Å²) in [5.41, 5.74) is 1.11. The second kappa shape index (κ2) is 6.07. The number of carbonyl (C=O) groups excluding carboxylic acids is 2. The summed E-state index contributed by atoms with van der Waals surface area (Å²) >= 11 is 0.996. The Bertz CT molecular complexity index is 523. The summed E-state index contributed by atoms with van der Waals surface area (Å²) in [6.07, 6.45) is 0. The van der Waals surface area contributed by atoms with E-state index in [0.717, 1.165) is 11.8 Å². The molecule has 0 aliphatic rings. The van der Waals surface area contributed by atoms with Gasteiger partial charge in [0.05, 0.1) is 11.4 Å². The summed E-state index contributed by atoms with van der Waals surface area (Å²) in [5, 5.41) is 13.2. The lowest BCUT2D eigenvalue weighted by Crippen LogP contribution is -2.24. The lowest BCUT2D eigenvalue weighted by atomic mass is 10.2. The average molecular weight is 263 g/mol. The van der Waals surface area contributed by atoms with Crippen LogP contribution in [-0.4, -0.2) is 18.9 Å². The highest BCUT2D eigenvalue weighted by molar-refractivity contribution is 8.03. The van der Waals surface area contributed by atoms with Gasteiger partial charge in [-0.05, 0) is 30.0 Å². The van der Waals surface area contributed by atoms with Crippen molar-refractivity contribution in [3.8, 4) is 5.40 Å². The molecular weight excluding hydrogens is 250 g/mol. The lowest BCUT2D eigenvalue weighted by molar-refractivity contribution is -0.116. The molecule has 0 fully saturated rings. The minimum absolute atomic E-state index is 0.137. The molecule has 0 saturated heterocycles. The molecule has 0 aliphatic heterocycles. The highest BCUT2D eigenvalue weighted by atomic mass is 32.2. The highest BCUT2D eigenvalue weighted by Crippen LogP contribution is 2.30. The number of nitrogens with zero attached hydrogens (tertiary/aromatic N) is 2. The fourth-order valence-electron chi connectivity index (χ4n) is 1.38. The first kappa shape index (κ1) is 14.1. The lowest BCUT2D eigenvalue weighted by Gasteiger charge is -2.19. The van der Waals surface area contributed by atoms with Gasteiger partial charge in [-0.25, -0.2) is 0 Å². The Morgan fingerprint density at radius 1 is 1.39 bits per heavy atom. The smallest absolute Gasteiger partial charge is 0.223 e. The van der Waals surface area contributed by atoms with Crippen molar-refractivity contribution >= 4 is 35.0 Å². The summed E-state index contributed by atoms with van der Waals surface area (Å²) in [6.45, 7) is 2.83. The zero-order chi connectivity index (χ0) is 13.7. The Balaban J connectivity index is 3.20. The van der Waals surface area contributed by atoms with E-state index in [1.165, 1.54) is 18.7 Å². The van der Waals surface area contributed by atoms with Crippen LogP contribution < -0.4 is 10.2 Å². The molecule has 1 rings (SSSR count). The van der Waals surface area contributed by atoms with Crippen LogP contribution in [0.1, 0.15) is 13.8 Å². The molecule has 0 unspecified atom stereocenters. The Kier molecular flexibility index (Phi) is 4.75. The maximum atomic E-state index is 11.3. The molecule has 1 N–H and O–H groups in total. The molecule has 2 amide bonds. The fourth-order valence-corrected chi connectivity index (χ4v) is 1.80. The monoisotopic (exact) mass is 263 g/mol. The Labute approximate surface area is 110 Å². The van der Waals surface area contributed by atoms with E-state index in [2.05, 4.69) is 5.32 Å². The number of nitrogens with one attached hydrogen (secondary N) is 1. The molecule has 0 aliphatic carbocycles. The quantitative estimate of drug-likeness (QED) is 0.670. The molecule has 0 aromatic heterocycles. The first-order chi connectivity index (χ1) is 8.45. The second-order valence-electron chi connectivity index (χ2n) is 3.63. The summed E-state index contributed by atoms with van der Waals surface area (Å²) in [6, 6.07) is 5.10. The third-order valence-corrected chi connectivity index (χ3v) is 2.86. The molecule has 0 saturated carbocycles. The van der Waals surface area contributed by atoms with Crippen molar-refractivity contribution in [1.82, 2.24) is 0 Å². The van der Waals surface area contributed by atoms with Crippen LogP contribution in [-0.2, 0) is 9.59 Å². The van der Waals surface area contributed by atoms with Crippen LogP contribution in [0.5, 0.6) is 0 Å². The molecule has 0 radical (unpaired) electrons. The summed E-state index contributed by atoms with van der Waals surface area (Å²) < 4.78 is 0. The molecule has 94 valence electrons. The maximum Gasteiger partial charge on any atom is 0.223 e. The number of nitriles is 1. The van der Waals surface area contributed by atoms with Gasteiger partial charge in [0, 0.05) is 25.8 Å². The predicted octanol–water partition coefficient (Wildman–Crippen LogP) is 2.20. The minimum Gasteiger partial charge on any atom is -0.324 e. The molecular formula is C12H13N3O2S. The molecule has 1 aromatic rings. The van der Waals surface area contributed by atoms with E-state index in [1.54, 1.807) is 25.2 Å². The van der Waals surface area contributed by atoms with Gasteiger partial charge in [0.25, 0.3) is 0 Å². The van der Waals surface area contributed by atoms with E-state index < -0.39 is 0 Å². The second-order valence-corrected chi connectivity index (χ2v) is 4.49. The predicted molar refractivity (Wildman–Crippen MR) is 71.3 cm³/mol. The maximum absolute atomic E-state index is 11.3. The SMILES string of the molecule is CC(=O)Nc1cc(SC#N)ccc1N(C)C(C)=O. The van der Waals surface area contributed by atoms with Crippen LogP contribution in [0.2, 0.25) is 0 Å². The van der Waals surface area contributed by atoms with Gasteiger partial charge in [-0.1, -0.05) is 0 Å². The van der Waals surface area contributed by atoms with Crippen LogP contribution in [0.15, 0.2) is 23.1 Å². The van der Waals surface area contributed by atoms with Gasteiger partial charge in [0.1, 0.15) is 5.40 Å². The van der Waals surface area contributed by atoms with E-state index in [9.17, 15) is 9.59 Å². The molecule has 5 nitrogen and oxygen atoms in total. The van der Waals surface area contributed by atoms with E-state index >= 15 is 0 Å². The number of thioether (sulfide) groups is 1. The number of thiocyanates is 1. The van der Waals surface area contributed by atoms with E-state index in [1.807, 2.05) is 5.40 Å². The highest BCUT2D eigenvalue weighted by Gasteiger charge is 2.12. The first-order valence-electron chi connectivity index (χ1n) is 5.17. The molecule has 0 atom stereocenters. The molecule has 18 heavy (non-hydrogen) atoms. The average Bonchev–Trinajstić information content (AvgIpc) is 2.28. The van der Waals surface area contributed by atoms with Crippen LogP contribution >= 0.6 is 11.8 Å². The third kappa shape index (κ3) is 3.50. The number of amides is 2. The number of benzene rings is 1. The molecule has 0 heterocycles. The Hall–Kier alpha value is -2.00. The van der Waals surface area contributed by atoms with Crippen molar-refractivity contribution in [3.63, 3.8) is 0 Å². The van der Waals surface area contributed by atoms with Crippen molar-refractivity contribution < 1.29 is 9.59 Å². The van der Waals surface area contributed by atoms with Gasteiger partial charge < -0.3 is 10.2 Å². The number of carbonyl (C=O) groups is 2. The van der Waals surface area contributed by atoms with E-state index in [4.69, 9.17) is 5.26 Å². The van der Waals surface area contributed by atoms with Crippen molar-refractivity contribution in [1.29, 1.82) is 5.26 Å². The fraction of sp³-hybridized carbons (Fsp3) is 0.250. The molecule has 1 aromatic carbocycles. The van der Waals surface area contributed by atoms with Crippen molar-refractivity contribution in [2.45, 2.75) is 18.7 Å². The molecule has 0 spiro atoms. The van der Waals surface area contributed by atoms with Gasteiger partial charge in [0.15, 0.2) is 0 Å². The van der Waals surface area contributed by atoms with Crippen LogP contribution in [0.25, 0.3) is 0 Å². The Morgan fingerprint density at radius 2 is 2.06 bits per heavy atom. The number of hydrogen-bond donors (Lipinski definition) is 1. The largest absolute Gasteiger partial charge is 0.324 e. The zero-order valence-corrected chi connectivity index (χ0v) is 11.2. The normalized spacial score (nSPS) is 9.44. The number of rotatable bonds is 3. The first-order valence-corrected chi connectivity index (χ1v) is 5.99. The van der Waals surface area contributed by atoms with Gasteiger partial charge in [-0.15, -0.1) is 0 Å². The van der Waals surface area contributed by atoms with Gasteiger partial charge in [0.2, 0.25) is 11.8 Å². The van der Waals surface area contributed by atoms with Crippen LogP contribution in [0.4, 0.5) is 11.4 Å². The molecule has 6 heteroatoms. The van der Waals surface area contributed by atoms with Crippen molar-refractivity contribution in [2.24, 2.45) is 0 Å². The molecule has 0 bridgehead atoms. The number of hydrogen-bond acceptors (Lipinski definition) is 4. The third-order valence-electron chi connectivity index (χ3n) is 2.28. The van der Waals surface area contributed by atoms with Crippen LogP contribution in [0.3, 0.4) is 0 Å². The van der Waals surface area contributed by atoms with Crippen molar-refractivity contribution in [3.05, 3.63) is 18.2 Å². The van der Waals surface area contributed by atoms with Gasteiger partial charge >= 0.3 is 0 Å². The van der Waals surface area contributed by atoms with Gasteiger partial charge in [-0.2, -0.15) is 5.26 Å². The van der Waals surface area contributed by atoms with Gasteiger partial charge in [-0.3, -0.25) is 9.59 Å². The zero-order valence-electron chi connectivity index (χ0n) is 10.4. The van der Waals surface area contributed by atoms with Crippen LogP contribution in [0, 0.1) is 10.7 Å². The van der Waals surface area contributed by atoms with Crippen molar-refractivity contribution in [2.75, 3.05) is 17.3 Å². The Morgan fingerprint density at radius 3 is 2.56 bits per heavy atom. The summed E-state index contributed by atoms with van der Waals surface area (Å²) in [7, 11) is 1.63. The minimum atomic E-state index is -0.229. The summed E-state index contributed by atoms with van der Waals surface area (Å²) in [5.74, 6) is -0.366. The summed E-state index contributed by atoms with van der Waals surface area (Å²) in [4.78, 5) is 24.6. The standard InChI is InChI=1S/C12H13N3O2S/c1-8(16)14-11-6-10(18-7-13)4-5-12(11)15(3)9(2)17/h4-6H,1-3H3,(H,14,16). The topological polar surface area (TPSA) is 73.2 Å². The number of anilines is 2. The van der Waals surface area contributed by atoms with E-state index in [-0.39, 0.29) is 11.8 Å². The van der Waals surface area contributed by atoms with E-state index in [0.29, 0.717) is 16.3 Å².